The van der Waals surface area contributed by atoms with E-state index in [1.165, 1.54) is 16.2 Å². The van der Waals surface area contributed by atoms with Gasteiger partial charge in [0, 0.05) is 4.88 Å². The molecule has 1 aliphatic carbocycles. The number of fused-ring (bicyclic) bond motifs is 1. The second kappa shape index (κ2) is 9.24. The van der Waals surface area contributed by atoms with Gasteiger partial charge < -0.3 is 14.8 Å². The highest BCUT2D eigenvalue weighted by Crippen LogP contribution is 2.38. The number of rotatable bonds is 7. The minimum Gasteiger partial charge on any atom is -0.481 e. The summed E-state index contributed by atoms with van der Waals surface area (Å²) in [6, 6.07) is 7.64. The van der Waals surface area contributed by atoms with E-state index >= 15 is 0 Å². The fourth-order valence-electron chi connectivity index (χ4n) is 3.44. The van der Waals surface area contributed by atoms with E-state index in [4.69, 9.17) is 9.47 Å². The number of aryl methyl sites for hydroxylation is 2. The normalized spacial score (nSPS) is 14.1. The Hall–Kier alpha value is -2.34. The molecule has 0 aliphatic heterocycles. The van der Waals surface area contributed by atoms with Crippen LogP contribution >= 0.6 is 11.3 Å². The number of benzene rings is 1. The zero-order valence-corrected chi connectivity index (χ0v) is 17.5. The maximum atomic E-state index is 12.9. The summed E-state index contributed by atoms with van der Waals surface area (Å²) in [7, 11) is 0. The maximum absolute atomic E-state index is 12.9. The van der Waals surface area contributed by atoms with Gasteiger partial charge in [-0.3, -0.25) is 4.79 Å². The number of carbonyl (C=O) groups is 2. The third kappa shape index (κ3) is 4.55. The summed E-state index contributed by atoms with van der Waals surface area (Å²) in [5, 5.41) is 3.53. The van der Waals surface area contributed by atoms with Crippen LogP contribution in [0.25, 0.3) is 0 Å². The van der Waals surface area contributed by atoms with E-state index in [2.05, 4.69) is 5.32 Å². The molecule has 2 aromatic rings. The van der Waals surface area contributed by atoms with Gasteiger partial charge in [-0.2, -0.15) is 0 Å². The van der Waals surface area contributed by atoms with Crippen LogP contribution < -0.4 is 10.1 Å². The molecule has 0 saturated carbocycles. The number of anilines is 1. The molecule has 0 saturated heterocycles. The van der Waals surface area contributed by atoms with Crippen LogP contribution in [0.4, 0.5) is 5.00 Å². The average molecular weight is 402 g/mol. The molecular formula is C22H27NO4S. The zero-order chi connectivity index (χ0) is 20.1. The number of esters is 1. The molecule has 1 aromatic heterocycles. The fraction of sp³-hybridized carbons (Fsp3) is 0.455. The summed E-state index contributed by atoms with van der Waals surface area (Å²) >= 11 is 1.49. The summed E-state index contributed by atoms with van der Waals surface area (Å²) in [5.41, 5.74) is 2.64. The van der Waals surface area contributed by atoms with Crippen molar-refractivity contribution < 1.29 is 19.1 Å². The number of thiophene rings is 1. The van der Waals surface area contributed by atoms with Crippen molar-refractivity contribution in [3.8, 4) is 5.75 Å². The average Bonchev–Trinajstić information content (AvgIpc) is 3.04. The van der Waals surface area contributed by atoms with Crippen LogP contribution in [-0.2, 0) is 22.4 Å². The number of ether oxygens (including phenoxy) is 2. The van der Waals surface area contributed by atoms with Crippen molar-refractivity contribution in [3.05, 3.63) is 45.8 Å². The first kappa shape index (κ1) is 20.4. The van der Waals surface area contributed by atoms with Gasteiger partial charge in [0.25, 0.3) is 5.91 Å². The highest BCUT2D eigenvalue weighted by molar-refractivity contribution is 7.17. The first-order valence-electron chi connectivity index (χ1n) is 9.89. The fourth-order valence-corrected chi connectivity index (χ4v) is 4.72. The Labute approximate surface area is 170 Å². The molecule has 1 aliphatic rings. The summed E-state index contributed by atoms with van der Waals surface area (Å²) in [6.45, 7) is 5.99. The molecule has 0 fully saturated rings. The Morgan fingerprint density at radius 2 is 2.00 bits per heavy atom. The standard InChI is InChI=1S/C22H27NO4S/c1-4-17(27-15-10-8-9-14(3)13-15)20(24)23-21-19(22(25)26-5-2)16-11-6-7-12-18(16)28-21/h8-10,13,17H,4-7,11-12H2,1-3H3,(H,23,24)/t17-/m0/s1. The number of hydrogen-bond donors (Lipinski definition) is 1. The first-order chi connectivity index (χ1) is 13.5. The Bertz CT molecular complexity index is 858. The van der Waals surface area contributed by atoms with Gasteiger partial charge >= 0.3 is 5.97 Å². The predicted octanol–water partition coefficient (Wildman–Crippen LogP) is 4.91. The highest BCUT2D eigenvalue weighted by atomic mass is 32.1. The molecule has 150 valence electrons. The molecule has 28 heavy (non-hydrogen) atoms. The molecule has 0 radical (unpaired) electrons. The van der Waals surface area contributed by atoms with E-state index in [9.17, 15) is 9.59 Å². The van der Waals surface area contributed by atoms with Crippen molar-refractivity contribution in [3.63, 3.8) is 0 Å². The van der Waals surface area contributed by atoms with Crippen LogP contribution in [0.2, 0.25) is 0 Å². The van der Waals surface area contributed by atoms with E-state index in [1.807, 2.05) is 38.1 Å². The Kier molecular flexibility index (Phi) is 6.73. The Balaban J connectivity index is 1.82. The quantitative estimate of drug-likeness (QED) is 0.670. The van der Waals surface area contributed by atoms with E-state index in [0.717, 1.165) is 36.8 Å². The van der Waals surface area contributed by atoms with E-state index in [1.54, 1.807) is 6.92 Å². The van der Waals surface area contributed by atoms with Crippen molar-refractivity contribution in [2.75, 3.05) is 11.9 Å². The lowest BCUT2D eigenvalue weighted by Crippen LogP contribution is -2.32. The van der Waals surface area contributed by atoms with Gasteiger partial charge in [-0.15, -0.1) is 11.3 Å². The van der Waals surface area contributed by atoms with Crippen molar-refractivity contribution in [2.24, 2.45) is 0 Å². The summed E-state index contributed by atoms with van der Waals surface area (Å²) in [6.07, 6.45) is 3.86. The number of carbonyl (C=O) groups excluding carboxylic acids is 2. The van der Waals surface area contributed by atoms with Gasteiger partial charge in [0.15, 0.2) is 6.10 Å². The van der Waals surface area contributed by atoms with E-state index < -0.39 is 6.10 Å². The van der Waals surface area contributed by atoms with Gasteiger partial charge in [-0.25, -0.2) is 4.79 Å². The molecule has 0 bridgehead atoms. The molecule has 5 nitrogen and oxygen atoms in total. The lowest BCUT2D eigenvalue weighted by atomic mass is 9.95. The van der Waals surface area contributed by atoms with E-state index in [0.29, 0.717) is 29.3 Å². The minimum atomic E-state index is -0.629. The first-order valence-corrected chi connectivity index (χ1v) is 10.7. The third-order valence-corrected chi connectivity index (χ3v) is 6.03. The summed E-state index contributed by atoms with van der Waals surface area (Å²) in [4.78, 5) is 26.6. The molecule has 1 aromatic carbocycles. The summed E-state index contributed by atoms with van der Waals surface area (Å²) < 4.78 is 11.2. The molecule has 1 amide bonds. The van der Waals surface area contributed by atoms with Crippen LogP contribution in [0, 0.1) is 6.92 Å². The maximum Gasteiger partial charge on any atom is 0.341 e. The molecule has 6 heteroatoms. The van der Waals surface area contributed by atoms with Crippen LogP contribution in [0.15, 0.2) is 24.3 Å². The molecule has 0 unspecified atom stereocenters. The minimum absolute atomic E-state index is 0.242. The van der Waals surface area contributed by atoms with Crippen LogP contribution in [0.3, 0.4) is 0 Å². The van der Waals surface area contributed by atoms with Gasteiger partial charge in [0.05, 0.1) is 12.2 Å². The van der Waals surface area contributed by atoms with Gasteiger partial charge in [-0.05, 0) is 69.2 Å². The van der Waals surface area contributed by atoms with Crippen molar-refractivity contribution in [2.45, 2.75) is 59.0 Å². The Morgan fingerprint density at radius 1 is 1.21 bits per heavy atom. The van der Waals surface area contributed by atoms with Crippen molar-refractivity contribution in [1.29, 1.82) is 0 Å². The van der Waals surface area contributed by atoms with Gasteiger partial charge in [0.1, 0.15) is 10.8 Å². The smallest absolute Gasteiger partial charge is 0.341 e. The van der Waals surface area contributed by atoms with Crippen LogP contribution in [-0.4, -0.2) is 24.6 Å². The zero-order valence-electron chi connectivity index (χ0n) is 16.7. The summed E-state index contributed by atoms with van der Waals surface area (Å²) in [5.74, 6) is 0.0658. The number of hydrogen-bond acceptors (Lipinski definition) is 5. The van der Waals surface area contributed by atoms with Crippen molar-refractivity contribution in [1.82, 2.24) is 0 Å². The largest absolute Gasteiger partial charge is 0.481 e. The third-order valence-electron chi connectivity index (χ3n) is 4.82. The topological polar surface area (TPSA) is 64.6 Å². The number of amides is 1. The predicted molar refractivity (Wildman–Crippen MR) is 111 cm³/mol. The lowest BCUT2D eigenvalue weighted by molar-refractivity contribution is -0.122. The second-order valence-electron chi connectivity index (χ2n) is 6.96. The monoisotopic (exact) mass is 401 g/mol. The molecule has 1 N–H and O–H groups in total. The second-order valence-corrected chi connectivity index (χ2v) is 8.06. The molecule has 3 rings (SSSR count). The van der Waals surface area contributed by atoms with Crippen LogP contribution in [0.5, 0.6) is 5.75 Å². The van der Waals surface area contributed by atoms with Gasteiger partial charge in [-0.1, -0.05) is 19.1 Å². The SMILES string of the molecule is CCOC(=O)c1c(NC(=O)[C@H](CC)Oc2cccc(C)c2)sc2c1CCCC2. The van der Waals surface area contributed by atoms with Crippen LogP contribution in [0.1, 0.15) is 59.5 Å². The van der Waals surface area contributed by atoms with Crippen molar-refractivity contribution >= 4 is 28.2 Å². The molecule has 0 spiro atoms. The molecule has 1 atom stereocenters. The molecular weight excluding hydrogens is 374 g/mol. The molecule has 1 heterocycles. The Morgan fingerprint density at radius 3 is 2.71 bits per heavy atom. The van der Waals surface area contributed by atoms with Gasteiger partial charge in [0.2, 0.25) is 0 Å². The lowest BCUT2D eigenvalue weighted by Gasteiger charge is -2.17. The van der Waals surface area contributed by atoms with E-state index in [-0.39, 0.29) is 11.9 Å². The highest BCUT2D eigenvalue weighted by Gasteiger charge is 2.29. The number of nitrogens with one attached hydrogen (secondary N) is 1.